The molecule has 0 aliphatic carbocycles. The lowest BCUT2D eigenvalue weighted by Gasteiger charge is -2.12. The van der Waals surface area contributed by atoms with Crippen molar-refractivity contribution in [3.8, 4) is 10.6 Å². The van der Waals surface area contributed by atoms with Crippen LogP contribution in [-0.4, -0.2) is 22.5 Å². The minimum atomic E-state index is -1.14. The predicted octanol–water partition coefficient (Wildman–Crippen LogP) is 3.01. The van der Waals surface area contributed by atoms with Gasteiger partial charge in [-0.25, -0.2) is 9.37 Å². The van der Waals surface area contributed by atoms with Crippen molar-refractivity contribution in [2.24, 2.45) is 0 Å². The van der Waals surface area contributed by atoms with Crippen LogP contribution < -0.4 is 5.32 Å². The molecule has 0 aliphatic rings. The molecule has 3 aromatic rings. The monoisotopic (exact) mass is 332 g/mol. The van der Waals surface area contributed by atoms with E-state index in [0.717, 1.165) is 4.88 Å². The summed E-state index contributed by atoms with van der Waals surface area (Å²) in [6.07, 6.45) is 0.0503. The summed E-state index contributed by atoms with van der Waals surface area (Å²) in [5.41, 5.74) is 0.264. The average molecular weight is 332 g/mol. The van der Waals surface area contributed by atoms with Crippen molar-refractivity contribution < 1.29 is 18.7 Å². The SMILES string of the molecule is O=C(NCC(O)c1ccccc1F)c1ncoc1-c1cccs1. The smallest absolute Gasteiger partial charge is 0.274 e. The highest BCUT2D eigenvalue weighted by Gasteiger charge is 2.20. The second-order valence-electron chi connectivity index (χ2n) is 4.75. The normalized spacial score (nSPS) is 12.1. The molecule has 1 atom stereocenters. The summed E-state index contributed by atoms with van der Waals surface area (Å²) in [6, 6.07) is 9.54. The van der Waals surface area contributed by atoms with Gasteiger partial charge in [0, 0.05) is 12.1 Å². The molecule has 0 spiro atoms. The Morgan fingerprint density at radius 2 is 2.17 bits per heavy atom. The number of carbonyl (C=O) groups excluding carboxylic acids is 1. The number of aliphatic hydroxyl groups is 1. The average Bonchev–Trinajstić information content (AvgIpc) is 3.23. The van der Waals surface area contributed by atoms with E-state index in [1.54, 1.807) is 6.07 Å². The molecule has 118 valence electrons. The van der Waals surface area contributed by atoms with E-state index >= 15 is 0 Å². The first-order chi connectivity index (χ1) is 11.2. The Morgan fingerprint density at radius 3 is 2.91 bits per heavy atom. The molecule has 2 heterocycles. The van der Waals surface area contributed by atoms with E-state index in [2.05, 4.69) is 10.3 Å². The zero-order valence-electron chi connectivity index (χ0n) is 11.9. The predicted molar refractivity (Wildman–Crippen MR) is 83.5 cm³/mol. The summed E-state index contributed by atoms with van der Waals surface area (Å²) in [5, 5.41) is 14.4. The highest BCUT2D eigenvalue weighted by molar-refractivity contribution is 7.13. The highest BCUT2D eigenvalue weighted by Crippen LogP contribution is 2.27. The molecule has 2 aromatic heterocycles. The van der Waals surface area contributed by atoms with Gasteiger partial charge < -0.3 is 14.8 Å². The summed E-state index contributed by atoms with van der Waals surface area (Å²) < 4.78 is 18.8. The van der Waals surface area contributed by atoms with Crippen LogP contribution in [0.2, 0.25) is 0 Å². The van der Waals surface area contributed by atoms with Crippen LogP contribution in [0.1, 0.15) is 22.2 Å². The minimum absolute atomic E-state index is 0.128. The lowest BCUT2D eigenvalue weighted by atomic mass is 10.1. The van der Waals surface area contributed by atoms with Gasteiger partial charge in [-0.05, 0) is 17.5 Å². The number of amides is 1. The van der Waals surface area contributed by atoms with Crippen molar-refractivity contribution in [2.75, 3.05) is 6.54 Å². The number of thiophene rings is 1. The van der Waals surface area contributed by atoms with Gasteiger partial charge in [0.1, 0.15) is 5.82 Å². The molecule has 1 unspecified atom stereocenters. The molecule has 23 heavy (non-hydrogen) atoms. The second kappa shape index (κ2) is 6.72. The molecule has 3 rings (SSSR count). The molecule has 1 aromatic carbocycles. The van der Waals surface area contributed by atoms with Crippen LogP contribution in [0.3, 0.4) is 0 Å². The number of oxazole rings is 1. The molecule has 0 saturated carbocycles. The zero-order valence-corrected chi connectivity index (χ0v) is 12.7. The fraction of sp³-hybridized carbons (Fsp3) is 0.125. The Kier molecular flexibility index (Phi) is 4.50. The van der Waals surface area contributed by atoms with Gasteiger partial charge in [-0.2, -0.15) is 0 Å². The van der Waals surface area contributed by atoms with Gasteiger partial charge >= 0.3 is 0 Å². The summed E-state index contributed by atoms with van der Waals surface area (Å²) in [4.78, 5) is 16.9. The van der Waals surface area contributed by atoms with Gasteiger partial charge in [-0.15, -0.1) is 11.3 Å². The van der Waals surface area contributed by atoms with Crippen molar-refractivity contribution in [3.63, 3.8) is 0 Å². The van der Waals surface area contributed by atoms with Gasteiger partial charge in [-0.3, -0.25) is 4.79 Å². The first-order valence-electron chi connectivity index (χ1n) is 6.85. The number of carbonyl (C=O) groups is 1. The molecule has 0 bridgehead atoms. The first kappa shape index (κ1) is 15.4. The van der Waals surface area contributed by atoms with Crippen LogP contribution in [0.5, 0.6) is 0 Å². The second-order valence-corrected chi connectivity index (χ2v) is 5.70. The number of rotatable bonds is 5. The Hall–Kier alpha value is -2.51. The number of hydrogen-bond acceptors (Lipinski definition) is 5. The Balaban J connectivity index is 1.69. The lowest BCUT2D eigenvalue weighted by Crippen LogP contribution is -2.29. The molecular formula is C16H13FN2O3S. The number of nitrogens with zero attached hydrogens (tertiary/aromatic N) is 1. The third kappa shape index (κ3) is 3.30. The van der Waals surface area contributed by atoms with E-state index in [4.69, 9.17) is 4.42 Å². The number of halogens is 1. The Morgan fingerprint density at radius 1 is 1.35 bits per heavy atom. The number of nitrogens with one attached hydrogen (secondary N) is 1. The topological polar surface area (TPSA) is 75.4 Å². The van der Waals surface area contributed by atoms with E-state index in [0.29, 0.717) is 5.76 Å². The standard InChI is InChI=1S/C16H13FN2O3S/c17-11-5-2-1-4-10(11)12(20)8-18-16(21)14-15(22-9-19-14)13-6-3-7-23-13/h1-7,9,12,20H,8H2,(H,18,21). The minimum Gasteiger partial charge on any atom is -0.442 e. The van der Waals surface area contributed by atoms with Crippen molar-refractivity contribution in [1.82, 2.24) is 10.3 Å². The summed E-state index contributed by atoms with van der Waals surface area (Å²) in [5.74, 6) is -0.634. The van der Waals surface area contributed by atoms with Crippen molar-refractivity contribution in [2.45, 2.75) is 6.10 Å². The van der Waals surface area contributed by atoms with Crippen molar-refractivity contribution >= 4 is 17.2 Å². The summed E-state index contributed by atoms with van der Waals surface area (Å²) >= 11 is 1.42. The van der Waals surface area contributed by atoms with Crippen LogP contribution in [0.4, 0.5) is 4.39 Å². The Labute approximate surface area is 135 Å². The largest absolute Gasteiger partial charge is 0.442 e. The lowest BCUT2D eigenvalue weighted by molar-refractivity contribution is 0.0910. The van der Waals surface area contributed by atoms with Crippen LogP contribution in [0, 0.1) is 5.82 Å². The van der Waals surface area contributed by atoms with E-state index < -0.39 is 17.8 Å². The fourth-order valence-electron chi connectivity index (χ4n) is 2.12. The molecule has 0 aliphatic heterocycles. The van der Waals surface area contributed by atoms with E-state index in [-0.39, 0.29) is 17.8 Å². The maximum Gasteiger partial charge on any atom is 0.274 e. The maximum atomic E-state index is 13.6. The number of aliphatic hydroxyl groups excluding tert-OH is 1. The molecule has 5 nitrogen and oxygen atoms in total. The number of hydrogen-bond donors (Lipinski definition) is 2. The van der Waals surface area contributed by atoms with Gasteiger partial charge in [0.2, 0.25) is 0 Å². The number of benzene rings is 1. The van der Waals surface area contributed by atoms with Crippen LogP contribution >= 0.6 is 11.3 Å². The van der Waals surface area contributed by atoms with Gasteiger partial charge in [0.15, 0.2) is 17.8 Å². The molecule has 0 radical (unpaired) electrons. The Bertz CT molecular complexity index is 801. The first-order valence-corrected chi connectivity index (χ1v) is 7.73. The van der Waals surface area contributed by atoms with Crippen LogP contribution in [-0.2, 0) is 0 Å². The van der Waals surface area contributed by atoms with Crippen molar-refractivity contribution in [1.29, 1.82) is 0 Å². The quantitative estimate of drug-likeness (QED) is 0.753. The molecule has 7 heteroatoms. The molecule has 2 N–H and O–H groups in total. The summed E-state index contributed by atoms with van der Waals surface area (Å²) in [7, 11) is 0. The highest BCUT2D eigenvalue weighted by atomic mass is 32.1. The van der Waals surface area contributed by atoms with E-state index in [9.17, 15) is 14.3 Å². The number of aromatic nitrogens is 1. The molecule has 1 amide bonds. The van der Waals surface area contributed by atoms with Gasteiger partial charge in [0.25, 0.3) is 5.91 Å². The molecule has 0 saturated heterocycles. The fourth-order valence-corrected chi connectivity index (χ4v) is 2.83. The van der Waals surface area contributed by atoms with E-state index in [1.165, 1.54) is 35.9 Å². The van der Waals surface area contributed by atoms with Crippen LogP contribution in [0.25, 0.3) is 10.6 Å². The summed E-state index contributed by atoms with van der Waals surface area (Å²) in [6.45, 7) is -0.128. The molecular weight excluding hydrogens is 319 g/mol. The van der Waals surface area contributed by atoms with Crippen LogP contribution in [0.15, 0.2) is 52.6 Å². The third-order valence-corrected chi connectivity index (χ3v) is 4.12. The van der Waals surface area contributed by atoms with E-state index in [1.807, 2.05) is 17.5 Å². The van der Waals surface area contributed by atoms with Gasteiger partial charge in [-0.1, -0.05) is 24.3 Å². The molecule has 0 fully saturated rings. The third-order valence-electron chi connectivity index (χ3n) is 3.25. The van der Waals surface area contributed by atoms with Gasteiger partial charge in [0.05, 0.1) is 11.0 Å². The maximum absolute atomic E-state index is 13.6. The van der Waals surface area contributed by atoms with Crippen molar-refractivity contribution in [3.05, 3.63) is 65.2 Å². The zero-order chi connectivity index (χ0) is 16.2.